The van der Waals surface area contributed by atoms with Crippen LogP contribution < -0.4 is 4.90 Å². The number of imidazole rings is 1. The van der Waals surface area contributed by atoms with Crippen molar-refractivity contribution < 1.29 is 4.39 Å². The zero-order valence-corrected chi connectivity index (χ0v) is 11.4. The van der Waals surface area contributed by atoms with E-state index in [4.69, 9.17) is 0 Å². The smallest absolute Gasteiger partial charge is 0.214 e. The Labute approximate surface area is 116 Å². The molecule has 0 unspecified atom stereocenters. The van der Waals surface area contributed by atoms with E-state index in [9.17, 15) is 4.39 Å². The predicted octanol–water partition coefficient (Wildman–Crippen LogP) is 2.74. The first-order chi connectivity index (χ1) is 9.65. The van der Waals surface area contributed by atoms with Gasteiger partial charge in [0, 0.05) is 14.1 Å². The fraction of sp³-hybridized carbons (Fsp3) is 0.200. The van der Waals surface area contributed by atoms with Crippen LogP contribution >= 0.6 is 0 Å². The number of halogens is 1. The molecule has 20 heavy (non-hydrogen) atoms. The molecule has 0 saturated carbocycles. The molecule has 1 aromatic carbocycles. The molecule has 0 aliphatic carbocycles. The first-order valence-corrected chi connectivity index (χ1v) is 6.39. The van der Waals surface area contributed by atoms with Crippen molar-refractivity contribution in [2.24, 2.45) is 7.05 Å². The highest BCUT2D eigenvalue weighted by atomic mass is 19.1. The van der Waals surface area contributed by atoms with Crippen molar-refractivity contribution in [2.75, 3.05) is 11.9 Å². The minimum atomic E-state index is -0.473. The lowest BCUT2D eigenvalue weighted by Crippen LogP contribution is -2.20. The Morgan fingerprint density at radius 1 is 1.10 bits per heavy atom. The summed E-state index contributed by atoms with van der Waals surface area (Å²) in [5.74, 6) is 1.04. The highest BCUT2D eigenvalue weighted by molar-refractivity contribution is 5.75. The van der Waals surface area contributed by atoms with Crippen LogP contribution in [-0.2, 0) is 13.6 Å². The molecule has 0 fully saturated rings. The molecule has 0 amide bonds. The van der Waals surface area contributed by atoms with Gasteiger partial charge in [-0.05, 0) is 24.3 Å². The Bertz CT molecular complexity index is 750. The fourth-order valence-electron chi connectivity index (χ4n) is 2.24. The number of benzene rings is 1. The molecule has 3 aromatic rings. The first kappa shape index (κ1) is 12.6. The molecule has 102 valence electrons. The molecule has 0 saturated heterocycles. The second kappa shape index (κ2) is 4.92. The molecule has 5 heteroatoms. The monoisotopic (exact) mass is 270 g/mol. The van der Waals surface area contributed by atoms with Gasteiger partial charge in [0.05, 0.1) is 17.6 Å². The second-order valence-corrected chi connectivity index (χ2v) is 4.75. The van der Waals surface area contributed by atoms with Gasteiger partial charge in [0.1, 0.15) is 11.6 Å². The van der Waals surface area contributed by atoms with Gasteiger partial charge in [0.2, 0.25) is 5.95 Å². The Balaban J connectivity index is 1.91. The lowest BCUT2D eigenvalue weighted by atomic mass is 10.3. The number of aryl methyl sites for hydroxylation is 1. The van der Waals surface area contributed by atoms with Gasteiger partial charge in [-0.15, -0.1) is 0 Å². The number of anilines is 1. The van der Waals surface area contributed by atoms with Crippen LogP contribution in [0.15, 0.2) is 42.5 Å². The molecule has 2 aromatic heterocycles. The van der Waals surface area contributed by atoms with Crippen LogP contribution in [0, 0.1) is 5.95 Å². The predicted molar refractivity (Wildman–Crippen MR) is 77.0 cm³/mol. The number of para-hydroxylation sites is 2. The third-order valence-corrected chi connectivity index (χ3v) is 3.35. The molecule has 0 aliphatic heterocycles. The van der Waals surface area contributed by atoms with Crippen molar-refractivity contribution in [3.05, 3.63) is 54.2 Å². The van der Waals surface area contributed by atoms with Crippen molar-refractivity contribution >= 4 is 16.9 Å². The third kappa shape index (κ3) is 2.22. The average molecular weight is 270 g/mol. The summed E-state index contributed by atoms with van der Waals surface area (Å²) < 4.78 is 15.2. The number of fused-ring (bicyclic) bond motifs is 1. The third-order valence-electron chi connectivity index (χ3n) is 3.35. The SMILES string of the molecule is CN(Cc1nc2ccccc2n1C)c1cccc(F)n1. The normalized spacial score (nSPS) is 10.9. The zero-order valence-electron chi connectivity index (χ0n) is 11.4. The zero-order chi connectivity index (χ0) is 14.1. The lowest BCUT2D eigenvalue weighted by molar-refractivity contribution is 0.581. The molecular formula is C15H15FN4. The van der Waals surface area contributed by atoms with Crippen LogP contribution in [-0.4, -0.2) is 21.6 Å². The number of hydrogen-bond acceptors (Lipinski definition) is 3. The van der Waals surface area contributed by atoms with Crippen LogP contribution in [0.5, 0.6) is 0 Å². The minimum Gasteiger partial charge on any atom is -0.352 e. The summed E-state index contributed by atoms with van der Waals surface area (Å²) in [6.45, 7) is 0.571. The van der Waals surface area contributed by atoms with Crippen molar-refractivity contribution in [1.29, 1.82) is 0 Å². The van der Waals surface area contributed by atoms with Crippen LogP contribution in [0.4, 0.5) is 10.2 Å². The Kier molecular flexibility index (Phi) is 3.10. The topological polar surface area (TPSA) is 34.0 Å². The van der Waals surface area contributed by atoms with Gasteiger partial charge in [-0.1, -0.05) is 18.2 Å². The van der Waals surface area contributed by atoms with E-state index in [-0.39, 0.29) is 0 Å². The van der Waals surface area contributed by atoms with Crippen molar-refractivity contribution in [3.63, 3.8) is 0 Å². The average Bonchev–Trinajstić information content (AvgIpc) is 2.76. The summed E-state index contributed by atoms with van der Waals surface area (Å²) in [6.07, 6.45) is 0. The van der Waals surface area contributed by atoms with Gasteiger partial charge in [-0.2, -0.15) is 4.39 Å². The number of pyridine rings is 1. The van der Waals surface area contributed by atoms with E-state index in [0.29, 0.717) is 12.4 Å². The molecule has 0 spiro atoms. The van der Waals surface area contributed by atoms with E-state index in [2.05, 4.69) is 9.97 Å². The highest BCUT2D eigenvalue weighted by Crippen LogP contribution is 2.17. The summed E-state index contributed by atoms with van der Waals surface area (Å²) in [5, 5.41) is 0. The van der Waals surface area contributed by atoms with E-state index in [0.717, 1.165) is 16.9 Å². The molecule has 0 bridgehead atoms. The summed E-state index contributed by atoms with van der Waals surface area (Å²) in [4.78, 5) is 10.4. The van der Waals surface area contributed by atoms with Gasteiger partial charge in [-0.3, -0.25) is 0 Å². The van der Waals surface area contributed by atoms with Gasteiger partial charge >= 0.3 is 0 Å². The number of aromatic nitrogens is 3. The molecule has 4 nitrogen and oxygen atoms in total. The summed E-state index contributed by atoms with van der Waals surface area (Å²) in [7, 11) is 3.86. The quantitative estimate of drug-likeness (QED) is 0.686. The first-order valence-electron chi connectivity index (χ1n) is 6.39. The summed E-state index contributed by atoms with van der Waals surface area (Å²) in [5.41, 5.74) is 2.05. The molecule has 0 N–H and O–H groups in total. The maximum atomic E-state index is 13.2. The number of nitrogens with zero attached hydrogens (tertiary/aromatic N) is 4. The van der Waals surface area contributed by atoms with Crippen LogP contribution in [0.3, 0.4) is 0 Å². The molecule has 2 heterocycles. The lowest BCUT2D eigenvalue weighted by Gasteiger charge is -2.17. The maximum absolute atomic E-state index is 13.2. The van der Waals surface area contributed by atoms with Gasteiger partial charge in [-0.25, -0.2) is 9.97 Å². The second-order valence-electron chi connectivity index (χ2n) is 4.75. The number of rotatable bonds is 3. The standard InChI is InChI=1S/C15H15FN4/c1-19(14-9-5-8-13(16)18-14)10-15-17-11-6-3-4-7-12(11)20(15)2/h3-9H,10H2,1-2H3. The van der Waals surface area contributed by atoms with Gasteiger partial charge in [0.15, 0.2) is 0 Å². The van der Waals surface area contributed by atoms with Gasteiger partial charge < -0.3 is 9.47 Å². The van der Waals surface area contributed by atoms with E-state index >= 15 is 0 Å². The Morgan fingerprint density at radius 2 is 1.90 bits per heavy atom. The van der Waals surface area contributed by atoms with E-state index < -0.39 is 5.95 Å². The molecular weight excluding hydrogens is 255 g/mol. The maximum Gasteiger partial charge on any atom is 0.214 e. The van der Waals surface area contributed by atoms with Crippen molar-refractivity contribution in [3.8, 4) is 0 Å². The van der Waals surface area contributed by atoms with Crippen LogP contribution in [0.25, 0.3) is 11.0 Å². The van der Waals surface area contributed by atoms with Crippen LogP contribution in [0.2, 0.25) is 0 Å². The molecule has 0 radical (unpaired) electrons. The van der Waals surface area contributed by atoms with E-state index in [1.54, 1.807) is 12.1 Å². The Hall–Kier alpha value is -2.43. The number of hydrogen-bond donors (Lipinski definition) is 0. The molecule has 0 aliphatic rings. The van der Waals surface area contributed by atoms with Gasteiger partial charge in [0.25, 0.3) is 0 Å². The highest BCUT2D eigenvalue weighted by Gasteiger charge is 2.11. The Morgan fingerprint density at radius 3 is 2.65 bits per heavy atom. The summed E-state index contributed by atoms with van der Waals surface area (Å²) >= 11 is 0. The minimum absolute atomic E-state index is 0.473. The largest absolute Gasteiger partial charge is 0.352 e. The van der Waals surface area contributed by atoms with Crippen molar-refractivity contribution in [1.82, 2.24) is 14.5 Å². The van der Waals surface area contributed by atoms with Crippen molar-refractivity contribution in [2.45, 2.75) is 6.54 Å². The molecule has 0 atom stereocenters. The summed E-state index contributed by atoms with van der Waals surface area (Å²) in [6, 6.07) is 12.8. The fourth-order valence-corrected chi connectivity index (χ4v) is 2.24. The van der Waals surface area contributed by atoms with Crippen LogP contribution in [0.1, 0.15) is 5.82 Å². The van der Waals surface area contributed by atoms with E-state index in [1.165, 1.54) is 6.07 Å². The molecule has 3 rings (SSSR count). The van der Waals surface area contributed by atoms with E-state index in [1.807, 2.05) is 47.8 Å².